The first kappa shape index (κ1) is 34.3. The van der Waals surface area contributed by atoms with E-state index in [1.54, 1.807) is 6.92 Å². The Hall–Kier alpha value is -3.57. The van der Waals surface area contributed by atoms with Crippen LogP contribution in [-0.4, -0.2) is 69.7 Å². The van der Waals surface area contributed by atoms with Crippen molar-refractivity contribution >= 4 is 35.4 Å². The molecule has 0 aromatic carbocycles. The maximum absolute atomic E-state index is 12.3. The third kappa shape index (κ3) is 6.84. The van der Waals surface area contributed by atoms with Gasteiger partial charge in [0.1, 0.15) is 23.0 Å². The number of Topliss-reactive ketones (excluding diaryl/α,β-unsaturated/α-hetero) is 2. The number of ketones is 2. The second-order valence-corrected chi connectivity index (χ2v) is 13.3. The third-order valence-corrected chi connectivity index (χ3v) is 11.1. The summed E-state index contributed by atoms with van der Waals surface area (Å²) < 4.78 is 11.8. The largest absolute Gasteiger partial charge is 0.481 e. The molecule has 5 aliphatic carbocycles. The predicted molar refractivity (Wildman–Crippen MR) is 159 cm³/mol. The van der Waals surface area contributed by atoms with Gasteiger partial charge in [0.05, 0.1) is 43.0 Å². The highest BCUT2D eigenvalue weighted by molar-refractivity contribution is 5.99. The number of methoxy groups -OCH3 is 2. The molecular weight excluding hydrogens is 584 g/mol. The number of aromatic carboxylic acids is 1. The summed E-state index contributed by atoms with van der Waals surface area (Å²) in [6, 6.07) is 0.175. The number of hydrogen-bond acceptors (Lipinski definition) is 9. The van der Waals surface area contributed by atoms with E-state index in [0.717, 1.165) is 64.2 Å². The summed E-state index contributed by atoms with van der Waals surface area (Å²) in [4.78, 5) is 67.3. The van der Waals surface area contributed by atoms with Crippen molar-refractivity contribution in [2.45, 2.75) is 109 Å². The van der Waals surface area contributed by atoms with Crippen molar-refractivity contribution in [2.75, 3.05) is 14.2 Å². The average molecular weight is 631 g/mol. The van der Waals surface area contributed by atoms with Gasteiger partial charge in [0.25, 0.3) is 0 Å². The van der Waals surface area contributed by atoms with Crippen molar-refractivity contribution in [3.63, 3.8) is 0 Å². The number of carbonyl (C=O) groups excluding carboxylic acids is 4. The first-order valence-corrected chi connectivity index (χ1v) is 16.1. The Morgan fingerprint density at radius 2 is 1.47 bits per heavy atom. The van der Waals surface area contributed by atoms with Crippen LogP contribution in [0.25, 0.3) is 0 Å². The highest BCUT2D eigenvalue weighted by Crippen LogP contribution is 2.55. The number of fused-ring (bicyclic) bond motifs is 2. The summed E-state index contributed by atoms with van der Waals surface area (Å²) in [6.45, 7) is 1.80. The van der Waals surface area contributed by atoms with Crippen LogP contribution in [0.1, 0.15) is 118 Å². The van der Waals surface area contributed by atoms with E-state index in [9.17, 15) is 28.8 Å². The van der Waals surface area contributed by atoms with E-state index in [4.69, 9.17) is 19.7 Å². The molecular formula is C33H46N2O10. The molecule has 1 unspecified atom stereocenters. The molecule has 1 heterocycles. The molecule has 1 aromatic heterocycles. The van der Waals surface area contributed by atoms with Gasteiger partial charge < -0.3 is 19.7 Å². The van der Waals surface area contributed by atoms with Gasteiger partial charge in [-0.2, -0.15) is 5.10 Å². The topological polar surface area (TPSA) is 179 Å². The molecule has 6 atom stereocenters. The second kappa shape index (κ2) is 14.2. The summed E-state index contributed by atoms with van der Waals surface area (Å²) in [5.74, 6) is -1.97. The predicted octanol–water partition coefficient (Wildman–Crippen LogP) is 4.71. The van der Waals surface area contributed by atoms with Crippen molar-refractivity contribution in [1.82, 2.24) is 9.78 Å². The van der Waals surface area contributed by atoms with E-state index < -0.39 is 17.9 Å². The molecule has 0 spiro atoms. The molecule has 45 heavy (non-hydrogen) atoms. The number of carboxylic acid groups (broad SMARTS) is 2. The smallest absolute Gasteiger partial charge is 0.339 e. The standard InChI is InChI=1S/C16H22N2O4.C11H16O3.C6H8O3/c1-10-13(14(19)20)9-17-18(10)12-5-7-16(15(21)22-2)6-3-4-11(16)8-12;1-14-10(13)11-5-2-3-8(11)7-9(12)4-6-11;7-5-3-1-2-4(5)6(8)9/h9,11-12H,3-8H2,1-2H3,(H,19,20);8H,2-7H2,1H3;4H,1-3H2,(H,8,9)/t11-,12-,16-;8-,11-;/m00./s1. The molecule has 0 saturated heterocycles. The average Bonchev–Trinajstić information content (AvgIpc) is 3.82. The van der Waals surface area contributed by atoms with Crippen LogP contribution in [0.4, 0.5) is 0 Å². The van der Waals surface area contributed by atoms with Crippen LogP contribution in [0.15, 0.2) is 6.20 Å². The first-order valence-electron chi connectivity index (χ1n) is 16.1. The molecule has 5 aliphatic rings. The fraction of sp³-hybridized carbons (Fsp3) is 0.727. The zero-order valence-corrected chi connectivity index (χ0v) is 26.5. The van der Waals surface area contributed by atoms with Gasteiger partial charge in [0.2, 0.25) is 0 Å². The molecule has 12 nitrogen and oxygen atoms in total. The number of esters is 2. The van der Waals surface area contributed by atoms with Gasteiger partial charge in [0, 0.05) is 19.3 Å². The highest BCUT2D eigenvalue weighted by Gasteiger charge is 2.53. The van der Waals surface area contributed by atoms with Crippen LogP contribution < -0.4 is 0 Å². The molecule has 12 heteroatoms. The number of carbonyl (C=O) groups is 6. The summed E-state index contributed by atoms with van der Waals surface area (Å²) in [7, 11) is 2.91. The van der Waals surface area contributed by atoms with E-state index in [1.807, 2.05) is 4.68 Å². The highest BCUT2D eigenvalue weighted by atomic mass is 16.5. The maximum atomic E-state index is 12.3. The second-order valence-electron chi connectivity index (χ2n) is 13.3. The third-order valence-electron chi connectivity index (χ3n) is 11.1. The normalized spacial score (nSPS) is 31.8. The van der Waals surface area contributed by atoms with Crippen LogP contribution in [0, 0.1) is 35.5 Å². The monoisotopic (exact) mass is 630 g/mol. The molecule has 0 radical (unpaired) electrons. The zero-order chi connectivity index (χ0) is 32.9. The fourth-order valence-electron chi connectivity index (χ4n) is 8.65. The number of carboxylic acids is 2. The van der Waals surface area contributed by atoms with Crippen LogP contribution in [0.5, 0.6) is 0 Å². The van der Waals surface area contributed by atoms with Crippen LogP contribution >= 0.6 is 0 Å². The van der Waals surface area contributed by atoms with Gasteiger partial charge in [0.15, 0.2) is 0 Å². The molecule has 5 fully saturated rings. The number of aliphatic carboxylic acids is 1. The van der Waals surface area contributed by atoms with Crippen LogP contribution in [0.2, 0.25) is 0 Å². The van der Waals surface area contributed by atoms with Gasteiger partial charge in [-0.05, 0) is 83.0 Å². The van der Waals surface area contributed by atoms with Gasteiger partial charge >= 0.3 is 23.9 Å². The SMILES string of the molecule is COC(=O)[C@]12CCC[C@H]1CC(=O)CC2.COC(=O)[C@]12CCC[C@H]1C[C@@H](n1ncc(C(=O)O)c1C)CC2.O=C(O)C1CCCC1=O. The van der Waals surface area contributed by atoms with E-state index >= 15 is 0 Å². The number of ether oxygens (including phenoxy) is 2. The van der Waals surface area contributed by atoms with Gasteiger partial charge in [-0.15, -0.1) is 0 Å². The Labute approximate surface area is 263 Å². The molecule has 248 valence electrons. The Bertz CT molecular complexity index is 1320. The minimum Gasteiger partial charge on any atom is -0.481 e. The Morgan fingerprint density at radius 3 is 1.98 bits per heavy atom. The maximum Gasteiger partial charge on any atom is 0.339 e. The van der Waals surface area contributed by atoms with Gasteiger partial charge in [-0.1, -0.05) is 12.8 Å². The van der Waals surface area contributed by atoms with Crippen molar-refractivity contribution in [2.24, 2.45) is 28.6 Å². The van der Waals surface area contributed by atoms with Crippen molar-refractivity contribution in [3.05, 3.63) is 17.5 Å². The molecule has 0 bridgehead atoms. The number of nitrogens with zero attached hydrogens (tertiary/aromatic N) is 2. The summed E-state index contributed by atoms with van der Waals surface area (Å²) in [5.41, 5.74) is 0.335. The summed E-state index contributed by atoms with van der Waals surface area (Å²) in [6.07, 6.45) is 13.5. The lowest BCUT2D eigenvalue weighted by Gasteiger charge is -2.40. The molecule has 5 saturated carbocycles. The molecule has 2 N–H and O–H groups in total. The van der Waals surface area contributed by atoms with Crippen LogP contribution in [0.3, 0.4) is 0 Å². The Balaban J connectivity index is 0.000000171. The summed E-state index contributed by atoms with van der Waals surface area (Å²) >= 11 is 0. The van der Waals surface area contributed by atoms with Crippen molar-refractivity contribution < 1.29 is 48.5 Å². The molecule has 1 aromatic rings. The molecule has 0 aliphatic heterocycles. The van der Waals surface area contributed by atoms with E-state index in [-0.39, 0.29) is 46.1 Å². The number of aromatic nitrogens is 2. The lowest BCUT2D eigenvalue weighted by atomic mass is 9.66. The van der Waals surface area contributed by atoms with Gasteiger partial charge in [-0.25, -0.2) is 4.79 Å². The lowest BCUT2D eigenvalue weighted by molar-refractivity contribution is -0.159. The number of rotatable bonds is 5. The van der Waals surface area contributed by atoms with Crippen molar-refractivity contribution in [1.29, 1.82) is 0 Å². The molecule has 0 amide bonds. The minimum atomic E-state index is -0.961. The zero-order valence-electron chi connectivity index (χ0n) is 26.5. The van der Waals surface area contributed by atoms with Crippen molar-refractivity contribution in [3.8, 4) is 0 Å². The number of hydrogen-bond donors (Lipinski definition) is 2. The quantitative estimate of drug-likeness (QED) is 0.340. The van der Waals surface area contributed by atoms with Crippen LogP contribution in [-0.2, 0) is 33.4 Å². The Morgan fingerprint density at radius 1 is 0.844 bits per heavy atom. The van der Waals surface area contributed by atoms with Gasteiger partial charge in [-0.3, -0.25) is 28.7 Å². The van der Waals surface area contributed by atoms with E-state index in [1.165, 1.54) is 20.4 Å². The Kier molecular flexibility index (Phi) is 10.9. The van der Waals surface area contributed by atoms with E-state index in [0.29, 0.717) is 49.5 Å². The fourth-order valence-corrected chi connectivity index (χ4v) is 8.65. The minimum absolute atomic E-state index is 0.0723. The lowest BCUT2D eigenvalue weighted by Crippen LogP contribution is -2.41. The first-order chi connectivity index (χ1) is 21.4. The summed E-state index contributed by atoms with van der Waals surface area (Å²) in [5, 5.41) is 21.8. The van der Waals surface area contributed by atoms with E-state index in [2.05, 4.69) is 5.10 Å². The molecule has 6 rings (SSSR count).